The molecule has 0 heterocycles. The summed E-state index contributed by atoms with van der Waals surface area (Å²) in [5.74, 6) is -0.628. The summed E-state index contributed by atoms with van der Waals surface area (Å²) in [6.45, 7) is 10.4. The Kier molecular flexibility index (Phi) is 6.34. The van der Waals surface area contributed by atoms with Gasteiger partial charge in [-0.2, -0.15) is 0 Å². The first-order valence-electron chi connectivity index (χ1n) is 6.69. The Hall–Kier alpha value is -2.42. The van der Waals surface area contributed by atoms with Crippen molar-refractivity contribution in [1.82, 2.24) is 0 Å². The van der Waals surface area contributed by atoms with E-state index in [9.17, 15) is 9.59 Å². The van der Waals surface area contributed by atoms with Gasteiger partial charge in [-0.25, -0.2) is 0 Å². The average Bonchev–Trinajstić information content (AvgIpc) is 2.49. The first-order valence-corrected chi connectivity index (χ1v) is 6.69. The van der Waals surface area contributed by atoms with Gasteiger partial charge in [0.15, 0.2) is 5.78 Å². The van der Waals surface area contributed by atoms with Crippen LogP contribution in [0.1, 0.15) is 25.8 Å². The maximum absolute atomic E-state index is 12.4. The molecule has 1 aromatic carbocycles. The second-order valence-electron chi connectivity index (χ2n) is 4.68. The van der Waals surface area contributed by atoms with Crippen molar-refractivity contribution < 1.29 is 14.3 Å². The molecule has 21 heavy (non-hydrogen) atoms. The summed E-state index contributed by atoms with van der Waals surface area (Å²) in [5, 5.41) is 0. The Balaban J connectivity index is 3.04. The zero-order valence-electron chi connectivity index (χ0n) is 12.5. The molecule has 0 radical (unpaired) electrons. The lowest BCUT2D eigenvalue weighted by Gasteiger charge is -2.12. The van der Waals surface area contributed by atoms with Crippen LogP contribution in [0.4, 0.5) is 0 Å². The van der Waals surface area contributed by atoms with E-state index < -0.39 is 5.97 Å². The predicted molar refractivity (Wildman–Crippen MR) is 84.6 cm³/mol. The highest BCUT2D eigenvalue weighted by atomic mass is 16.5. The van der Waals surface area contributed by atoms with E-state index in [0.29, 0.717) is 12.0 Å². The van der Waals surface area contributed by atoms with Crippen LogP contribution in [0, 0.1) is 0 Å². The molecule has 0 saturated carbocycles. The maximum atomic E-state index is 12.4. The van der Waals surface area contributed by atoms with E-state index >= 15 is 0 Å². The minimum Gasteiger partial charge on any atom is -0.461 e. The van der Waals surface area contributed by atoms with Crippen molar-refractivity contribution in [2.45, 2.75) is 20.3 Å². The summed E-state index contributed by atoms with van der Waals surface area (Å²) in [4.78, 5) is 23.2. The van der Waals surface area contributed by atoms with Crippen LogP contribution in [0.2, 0.25) is 0 Å². The summed E-state index contributed by atoms with van der Waals surface area (Å²) in [6.07, 6.45) is 2.34. The fraction of sp³-hybridized carbons (Fsp3) is 0.222. The molecule has 0 aliphatic carbocycles. The number of hydrogen-bond acceptors (Lipinski definition) is 3. The highest BCUT2D eigenvalue weighted by Gasteiger charge is 2.15. The smallest absolute Gasteiger partial charge is 0.302 e. The van der Waals surface area contributed by atoms with Gasteiger partial charge in [0.05, 0.1) is 0 Å². The lowest BCUT2D eigenvalue weighted by molar-refractivity contribution is -0.140. The van der Waals surface area contributed by atoms with Crippen LogP contribution < -0.4 is 0 Å². The summed E-state index contributed by atoms with van der Waals surface area (Å²) >= 11 is 0. The molecule has 0 atom stereocenters. The second kappa shape index (κ2) is 8.00. The summed E-state index contributed by atoms with van der Waals surface area (Å²) in [7, 11) is 0. The molecule has 0 fully saturated rings. The Morgan fingerprint density at radius 3 is 2.33 bits per heavy atom. The molecule has 0 saturated heterocycles. The second-order valence-corrected chi connectivity index (χ2v) is 4.68. The fourth-order valence-corrected chi connectivity index (χ4v) is 1.93. The third-order valence-electron chi connectivity index (χ3n) is 3.03. The highest BCUT2D eigenvalue weighted by molar-refractivity contribution is 6.12. The zero-order chi connectivity index (χ0) is 15.8. The molecule has 0 aliphatic rings. The number of ether oxygens (including phenoxy) is 1. The molecule has 0 amide bonds. The number of allylic oxidation sites excluding steroid dienone is 3. The molecular formula is C18H20O3. The van der Waals surface area contributed by atoms with Crippen molar-refractivity contribution in [3.05, 3.63) is 66.3 Å². The third-order valence-corrected chi connectivity index (χ3v) is 3.03. The van der Waals surface area contributed by atoms with Crippen LogP contribution >= 0.6 is 0 Å². The van der Waals surface area contributed by atoms with E-state index in [-0.39, 0.29) is 18.0 Å². The zero-order valence-corrected chi connectivity index (χ0v) is 12.5. The van der Waals surface area contributed by atoms with E-state index in [2.05, 4.69) is 13.2 Å². The van der Waals surface area contributed by atoms with Gasteiger partial charge < -0.3 is 4.74 Å². The van der Waals surface area contributed by atoms with Gasteiger partial charge in [-0.15, -0.1) is 6.58 Å². The largest absolute Gasteiger partial charge is 0.461 e. The van der Waals surface area contributed by atoms with E-state index in [1.807, 2.05) is 30.3 Å². The summed E-state index contributed by atoms with van der Waals surface area (Å²) in [5.41, 5.74) is 2.74. The predicted octanol–water partition coefficient (Wildman–Crippen LogP) is 3.72. The number of carbonyl (C=O) groups is 2. The van der Waals surface area contributed by atoms with Gasteiger partial charge in [0.1, 0.15) is 6.61 Å². The number of benzene rings is 1. The number of Topliss-reactive ketones (excluding diaryl/α,β-unsaturated/α-hetero) is 1. The molecule has 110 valence electrons. The van der Waals surface area contributed by atoms with Crippen molar-refractivity contribution in [2.75, 3.05) is 6.61 Å². The van der Waals surface area contributed by atoms with Crippen molar-refractivity contribution in [3.8, 4) is 0 Å². The maximum Gasteiger partial charge on any atom is 0.302 e. The first-order chi connectivity index (χ1) is 9.97. The van der Waals surface area contributed by atoms with E-state index in [0.717, 1.165) is 11.1 Å². The lowest BCUT2D eigenvalue weighted by atomic mass is 9.93. The molecule has 0 spiro atoms. The van der Waals surface area contributed by atoms with Crippen molar-refractivity contribution in [3.63, 3.8) is 0 Å². The monoisotopic (exact) mass is 284 g/mol. The SMILES string of the molecule is C=CC/C(=C(/C)C(=O)C(=C)COC(C)=O)c1ccccc1. The molecule has 0 aliphatic heterocycles. The number of rotatable bonds is 7. The molecule has 1 aromatic rings. The minimum atomic E-state index is -0.431. The van der Waals surface area contributed by atoms with Crippen LogP contribution in [-0.4, -0.2) is 18.4 Å². The lowest BCUT2D eigenvalue weighted by Crippen LogP contribution is -2.12. The standard InChI is InChI=1S/C18H20O3/c1-5-9-17(16-10-7-6-8-11-16)14(3)18(20)13(2)12-21-15(4)19/h5-8,10-11H,1-2,9,12H2,3-4H3/b17-14+. The fourth-order valence-electron chi connectivity index (χ4n) is 1.93. The van der Waals surface area contributed by atoms with E-state index in [4.69, 9.17) is 4.74 Å². The molecule has 0 bridgehead atoms. The normalized spacial score (nSPS) is 11.3. The molecule has 0 unspecified atom stereocenters. The van der Waals surface area contributed by atoms with Crippen LogP contribution in [-0.2, 0) is 14.3 Å². The average molecular weight is 284 g/mol. The van der Waals surface area contributed by atoms with Gasteiger partial charge >= 0.3 is 5.97 Å². The number of carbonyl (C=O) groups excluding carboxylic acids is 2. The number of hydrogen-bond donors (Lipinski definition) is 0. The Morgan fingerprint density at radius 2 is 1.81 bits per heavy atom. The van der Waals surface area contributed by atoms with Crippen LogP contribution in [0.15, 0.2) is 60.7 Å². The molecule has 3 nitrogen and oxygen atoms in total. The number of ketones is 1. The van der Waals surface area contributed by atoms with Gasteiger partial charge in [-0.05, 0) is 24.5 Å². The minimum absolute atomic E-state index is 0.0817. The Morgan fingerprint density at radius 1 is 1.19 bits per heavy atom. The quantitative estimate of drug-likeness (QED) is 0.435. The number of esters is 1. The molecular weight excluding hydrogens is 264 g/mol. The molecule has 0 N–H and O–H groups in total. The van der Waals surface area contributed by atoms with E-state index in [1.54, 1.807) is 13.0 Å². The third kappa shape index (κ3) is 4.88. The van der Waals surface area contributed by atoms with Crippen molar-refractivity contribution in [2.24, 2.45) is 0 Å². The van der Waals surface area contributed by atoms with Gasteiger partial charge in [0, 0.05) is 18.1 Å². The summed E-state index contributed by atoms with van der Waals surface area (Å²) < 4.78 is 4.82. The van der Waals surface area contributed by atoms with Gasteiger partial charge in [-0.1, -0.05) is 43.0 Å². The van der Waals surface area contributed by atoms with Gasteiger partial charge in [-0.3, -0.25) is 9.59 Å². The Labute approximate surface area is 125 Å². The first kappa shape index (κ1) is 16.6. The highest BCUT2D eigenvalue weighted by Crippen LogP contribution is 2.24. The molecule has 1 rings (SSSR count). The van der Waals surface area contributed by atoms with Crippen LogP contribution in [0.5, 0.6) is 0 Å². The van der Waals surface area contributed by atoms with E-state index in [1.165, 1.54) is 6.92 Å². The van der Waals surface area contributed by atoms with Crippen LogP contribution in [0.25, 0.3) is 5.57 Å². The summed E-state index contributed by atoms with van der Waals surface area (Å²) in [6, 6.07) is 9.66. The van der Waals surface area contributed by atoms with Crippen LogP contribution in [0.3, 0.4) is 0 Å². The van der Waals surface area contributed by atoms with Gasteiger partial charge in [0.25, 0.3) is 0 Å². The Bertz CT molecular complexity index is 580. The van der Waals surface area contributed by atoms with Crippen molar-refractivity contribution in [1.29, 1.82) is 0 Å². The molecule has 0 aromatic heterocycles. The topological polar surface area (TPSA) is 43.4 Å². The van der Waals surface area contributed by atoms with Crippen molar-refractivity contribution >= 4 is 17.3 Å². The molecule has 3 heteroatoms. The van der Waals surface area contributed by atoms with Gasteiger partial charge in [0.2, 0.25) is 0 Å².